The largest absolute Gasteiger partial charge is 0.368 e. The zero-order chi connectivity index (χ0) is 12.4. The predicted molar refractivity (Wildman–Crippen MR) is 72.7 cm³/mol. The Bertz CT molecular complexity index is 408. The van der Waals surface area contributed by atoms with Gasteiger partial charge in [0.25, 0.3) is 0 Å². The molecule has 0 bridgehead atoms. The Balaban J connectivity index is 1.91. The topological polar surface area (TPSA) is 67.1 Å². The molecule has 98 valence electrons. The van der Waals surface area contributed by atoms with Gasteiger partial charge in [-0.25, -0.2) is 9.97 Å². The maximum Gasteiger partial charge on any atom is 0.220 e. The van der Waals surface area contributed by atoms with Gasteiger partial charge in [0, 0.05) is 32.1 Å². The van der Waals surface area contributed by atoms with Gasteiger partial charge in [0.15, 0.2) is 0 Å². The molecule has 5 heteroatoms. The van der Waals surface area contributed by atoms with Crippen molar-refractivity contribution in [2.24, 2.45) is 0 Å². The molecular weight excluding hydrogens is 226 g/mol. The second kappa shape index (κ2) is 5.10. The van der Waals surface area contributed by atoms with Gasteiger partial charge < -0.3 is 16.0 Å². The SMILES string of the molecule is Nc1ncc(N2CCNCC2)c(C2CCCC2)n1. The van der Waals surface area contributed by atoms with Crippen LogP contribution in [0.1, 0.15) is 37.3 Å². The van der Waals surface area contributed by atoms with E-state index in [1.165, 1.54) is 37.1 Å². The van der Waals surface area contributed by atoms with Crippen LogP contribution in [0.15, 0.2) is 6.20 Å². The highest BCUT2D eigenvalue weighted by Gasteiger charge is 2.25. The van der Waals surface area contributed by atoms with Crippen LogP contribution < -0.4 is 16.0 Å². The van der Waals surface area contributed by atoms with Gasteiger partial charge >= 0.3 is 0 Å². The first kappa shape index (κ1) is 11.7. The van der Waals surface area contributed by atoms with Crippen molar-refractivity contribution in [3.8, 4) is 0 Å². The van der Waals surface area contributed by atoms with Crippen LogP contribution in [0.3, 0.4) is 0 Å². The third-order valence-corrected chi connectivity index (χ3v) is 4.02. The van der Waals surface area contributed by atoms with Crippen LogP contribution in [0.25, 0.3) is 0 Å². The zero-order valence-corrected chi connectivity index (χ0v) is 10.7. The van der Waals surface area contributed by atoms with Crippen LogP contribution in [0.2, 0.25) is 0 Å². The molecule has 0 amide bonds. The molecule has 1 aromatic rings. The smallest absolute Gasteiger partial charge is 0.220 e. The predicted octanol–water partition coefficient (Wildman–Crippen LogP) is 1.13. The number of hydrogen-bond acceptors (Lipinski definition) is 5. The molecule has 0 spiro atoms. The number of nitrogen functional groups attached to an aromatic ring is 1. The summed E-state index contributed by atoms with van der Waals surface area (Å²) in [5.41, 5.74) is 8.16. The highest BCUT2D eigenvalue weighted by atomic mass is 15.2. The molecule has 0 aromatic carbocycles. The zero-order valence-electron chi connectivity index (χ0n) is 10.7. The van der Waals surface area contributed by atoms with Gasteiger partial charge in [0.2, 0.25) is 5.95 Å². The van der Waals surface area contributed by atoms with Crippen molar-refractivity contribution in [1.82, 2.24) is 15.3 Å². The first-order valence-electron chi connectivity index (χ1n) is 6.92. The summed E-state index contributed by atoms with van der Waals surface area (Å²) >= 11 is 0. The van der Waals surface area contributed by atoms with Crippen molar-refractivity contribution in [3.63, 3.8) is 0 Å². The summed E-state index contributed by atoms with van der Waals surface area (Å²) in [6.45, 7) is 4.14. The molecule has 5 nitrogen and oxygen atoms in total. The van der Waals surface area contributed by atoms with E-state index in [0.29, 0.717) is 11.9 Å². The molecular formula is C13H21N5. The van der Waals surface area contributed by atoms with Gasteiger partial charge in [0.05, 0.1) is 17.6 Å². The van der Waals surface area contributed by atoms with Gasteiger partial charge in [-0.15, -0.1) is 0 Å². The van der Waals surface area contributed by atoms with Gasteiger partial charge in [-0.1, -0.05) is 12.8 Å². The van der Waals surface area contributed by atoms with E-state index in [1.807, 2.05) is 6.20 Å². The Kier molecular flexibility index (Phi) is 3.32. The van der Waals surface area contributed by atoms with Crippen LogP contribution in [-0.4, -0.2) is 36.1 Å². The minimum atomic E-state index is 0.413. The van der Waals surface area contributed by atoms with Crippen molar-refractivity contribution in [3.05, 3.63) is 11.9 Å². The van der Waals surface area contributed by atoms with E-state index in [0.717, 1.165) is 26.2 Å². The lowest BCUT2D eigenvalue weighted by Crippen LogP contribution is -2.44. The summed E-state index contributed by atoms with van der Waals surface area (Å²) in [6.07, 6.45) is 7.04. The van der Waals surface area contributed by atoms with Gasteiger partial charge in [-0.2, -0.15) is 0 Å². The maximum absolute atomic E-state index is 5.77. The van der Waals surface area contributed by atoms with E-state index in [-0.39, 0.29) is 0 Å². The Hall–Kier alpha value is -1.36. The number of hydrogen-bond donors (Lipinski definition) is 2. The molecule has 1 aliphatic heterocycles. The Morgan fingerprint density at radius 1 is 1.22 bits per heavy atom. The van der Waals surface area contributed by atoms with Crippen molar-refractivity contribution in [1.29, 1.82) is 0 Å². The molecule has 1 saturated heterocycles. The van der Waals surface area contributed by atoms with Gasteiger partial charge in [-0.3, -0.25) is 0 Å². The van der Waals surface area contributed by atoms with Crippen molar-refractivity contribution in [2.75, 3.05) is 36.8 Å². The molecule has 2 aliphatic rings. The fraction of sp³-hybridized carbons (Fsp3) is 0.692. The average molecular weight is 247 g/mol. The molecule has 1 saturated carbocycles. The van der Waals surface area contributed by atoms with Gasteiger partial charge in [-0.05, 0) is 12.8 Å². The lowest BCUT2D eigenvalue weighted by molar-refractivity contribution is 0.581. The fourth-order valence-electron chi connectivity index (χ4n) is 3.05. The highest BCUT2D eigenvalue weighted by Crippen LogP contribution is 2.37. The molecule has 18 heavy (non-hydrogen) atoms. The van der Waals surface area contributed by atoms with Crippen LogP contribution >= 0.6 is 0 Å². The summed E-state index contributed by atoms with van der Waals surface area (Å²) in [4.78, 5) is 11.1. The van der Waals surface area contributed by atoms with Crippen LogP contribution in [0, 0.1) is 0 Å². The number of nitrogens with zero attached hydrogens (tertiary/aromatic N) is 3. The quantitative estimate of drug-likeness (QED) is 0.820. The summed E-state index contributed by atoms with van der Waals surface area (Å²) in [7, 11) is 0. The molecule has 3 N–H and O–H groups in total. The van der Waals surface area contributed by atoms with Gasteiger partial charge in [0.1, 0.15) is 0 Å². The average Bonchev–Trinajstić information content (AvgIpc) is 2.93. The monoisotopic (exact) mass is 247 g/mol. The standard InChI is InChI=1S/C13H21N5/c14-13-16-9-11(18-7-5-15-6-8-18)12(17-13)10-3-1-2-4-10/h9-10,15H,1-8H2,(H2,14,16,17). The van der Waals surface area contributed by atoms with E-state index >= 15 is 0 Å². The number of nitrogens with two attached hydrogens (primary N) is 1. The normalized spacial score (nSPS) is 21.4. The number of anilines is 2. The molecule has 0 unspecified atom stereocenters. The minimum absolute atomic E-state index is 0.413. The number of piperazine rings is 1. The Morgan fingerprint density at radius 2 is 1.94 bits per heavy atom. The van der Waals surface area contributed by atoms with E-state index in [9.17, 15) is 0 Å². The van der Waals surface area contributed by atoms with Crippen LogP contribution in [0.4, 0.5) is 11.6 Å². The number of rotatable bonds is 2. The molecule has 2 heterocycles. The first-order chi connectivity index (χ1) is 8.84. The van der Waals surface area contributed by atoms with Crippen molar-refractivity contribution < 1.29 is 0 Å². The maximum atomic E-state index is 5.77. The van der Waals surface area contributed by atoms with E-state index in [1.54, 1.807) is 0 Å². The fourth-order valence-corrected chi connectivity index (χ4v) is 3.05. The second-order valence-electron chi connectivity index (χ2n) is 5.22. The lowest BCUT2D eigenvalue weighted by atomic mass is 10.0. The second-order valence-corrected chi connectivity index (χ2v) is 5.22. The molecule has 1 aliphatic carbocycles. The third kappa shape index (κ3) is 2.27. The number of nitrogens with one attached hydrogen (secondary N) is 1. The lowest BCUT2D eigenvalue weighted by Gasteiger charge is -2.31. The number of aromatic nitrogens is 2. The van der Waals surface area contributed by atoms with E-state index < -0.39 is 0 Å². The Labute approximate surface area is 108 Å². The van der Waals surface area contributed by atoms with Crippen LogP contribution in [0.5, 0.6) is 0 Å². The van der Waals surface area contributed by atoms with E-state index in [4.69, 9.17) is 5.73 Å². The van der Waals surface area contributed by atoms with E-state index in [2.05, 4.69) is 20.2 Å². The van der Waals surface area contributed by atoms with Crippen LogP contribution in [-0.2, 0) is 0 Å². The minimum Gasteiger partial charge on any atom is -0.368 e. The Morgan fingerprint density at radius 3 is 2.67 bits per heavy atom. The summed E-state index contributed by atoms with van der Waals surface area (Å²) < 4.78 is 0. The molecule has 0 atom stereocenters. The first-order valence-corrected chi connectivity index (χ1v) is 6.92. The molecule has 0 radical (unpaired) electrons. The molecule has 3 rings (SSSR count). The van der Waals surface area contributed by atoms with Crippen molar-refractivity contribution in [2.45, 2.75) is 31.6 Å². The summed E-state index contributed by atoms with van der Waals surface area (Å²) in [6, 6.07) is 0. The summed E-state index contributed by atoms with van der Waals surface area (Å²) in [5.74, 6) is 0.996. The molecule has 1 aromatic heterocycles. The van der Waals surface area contributed by atoms with Crippen molar-refractivity contribution >= 4 is 11.6 Å². The summed E-state index contributed by atoms with van der Waals surface area (Å²) in [5, 5.41) is 3.38. The molecule has 2 fully saturated rings. The highest BCUT2D eigenvalue weighted by molar-refractivity contribution is 5.52. The third-order valence-electron chi connectivity index (χ3n) is 4.02.